The van der Waals surface area contributed by atoms with Crippen LogP contribution in [0.1, 0.15) is 37.3 Å². The number of nitrogens with zero attached hydrogens (tertiary/aromatic N) is 4. The van der Waals surface area contributed by atoms with Gasteiger partial charge in [0.05, 0.1) is 0 Å². The second-order valence-electron chi connectivity index (χ2n) is 7.22. The van der Waals surface area contributed by atoms with Crippen LogP contribution in [0.3, 0.4) is 0 Å². The van der Waals surface area contributed by atoms with Crippen LogP contribution < -0.4 is 9.46 Å². The molecule has 10 heteroatoms. The van der Waals surface area contributed by atoms with Gasteiger partial charge in [-0.2, -0.15) is 5.10 Å². The van der Waals surface area contributed by atoms with Crippen molar-refractivity contribution in [2.75, 3.05) is 4.72 Å². The van der Waals surface area contributed by atoms with Crippen molar-refractivity contribution in [1.29, 1.82) is 0 Å². The van der Waals surface area contributed by atoms with Crippen LogP contribution in [0.2, 0.25) is 0 Å². The molecule has 1 saturated carbocycles. The van der Waals surface area contributed by atoms with Crippen molar-refractivity contribution in [1.82, 2.24) is 19.7 Å². The van der Waals surface area contributed by atoms with Crippen LogP contribution in [0, 0.1) is 5.82 Å². The Morgan fingerprint density at radius 2 is 2.00 bits per heavy atom. The van der Waals surface area contributed by atoms with E-state index in [1.54, 1.807) is 6.20 Å². The van der Waals surface area contributed by atoms with E-state index in [9.17, 15) is 12.8 Å². The lowest BCUT2D eigenvalue weighted by molar-refractivity contribution is 0.126. The molecule has 8 nitrogen and oxygen atoms in total. The summed E-state index contributed by atoms with van der Waals surface area (Å²) in [5, 5.41) is 4.24. The molecule has 2 aromatic heterocycles. The average molecular weight is 431 g/mol. The molecule has 2 unspecified atom stereocenters. The quantitative estimate of drug-likeness (QED) is 0.643. The molecule has 0 aliphatic heterocycles. The lowest BCUT2D eigenvalue weighted by atomic mass is 9.84. The number of hydrogen-bond donors (Lipinski definition) is 1. The van der Waals surface area contributed by atoms with Gasteiger partial charge in [-0.1, -0.05) is 6.42 Å². The van der Waals surface area contributed by atoms with Crippen LogP contribution in [0.25, 0.3) is 0 Å². The summed E-state index contributed by atoms with van der Waals surface area (Å²) in [6.45, 7) is 0. The Morgan fingerprint density at radius 3 is 2.70 bits per heavy atom. The highest BCUT2D eigenvalue weighted by Crippen LogP contribution is 2.36. The normalized spacial score (nSPS) is 19.4. The number of nitrogens with one attached hydrogen (secondary N) is 1. The molecule has 4 rings (SSSR count). The van der Waals surface area contributed by atoms with Gasteiger partial charge in [0.25, 0.3) is 10.0 Å². The monoisotopic (exact) mass is 431 g/mol. The molecule has 3 aromatic rings. The molecule has 30 heavy (non-hydrogen) atoms. The van der Waals surface area contributed by atoms with Gasteiger partial charge in [-0.25, -0.2) is 22.8 Å². The van der Waals surface area contributed by atoms with E-state index < -0.39 is 20.7 Å². The summed E-state index contributed by atoms with van der Waals surface area (Å²) in [5.41, 5.74) is 1.08. The highest BCUT2D eigenvalue weighted by atomic mass is 32.2. The van der Waals surface area contributed by atoms with Gasteiger partial charge in [-0.15, -0.1) is 0 Å². The highest BCUT2D eigenvalue weighted by molar-refractivity contribution is 7.92. The van der Waals surface area contributed by atoms with Crippen molar-refractivity contribution >= 4 is 15.8 Å². The average Bonchev–Trinajstić information content (AvgIpc) is 3.14. The van der Waals surface area contributed by atoms with Gasteiger partial charge in [0.2, 0.25) is 0 Å². The molecule has 1 aliphatic rings. The molecule has 0 saturated heterocycles. The molecule has 0 radical (unpaired) electrons. The van der Waals surface area contributed by atoms with Gasteiger partial charge in [-0.05, 0) is 43.5 Å². The first-order chi connectivity index (χ1) is 14.4. The van der Waals surface area contributed by atoms with Crippen molar-refractivity contribution < 1.29 is 17.5 Å². The smallest absolute Gasteiger partial charge is 0.265 e. The second kappa shape index (κ2) is 8.39. The maximum Gasteiger partial charge on any atom is 0.265 e. The minimum Gasteiger partial charge on any atom is -0.490 e. The Labute approximate surface area is 174 Å². The molecule has 1 N–H and O–H groups in total. The summed E-state index contributed by atoms with van der Waals surface area (Å²) >= 11 is 0. The van der Waals surface area contributed by atoms with Crippen LogP contribution in [-0.2, 0) is 17.1 Å². The Balaban J connectivity index is 1.53. The third-order valence-corrected chi connectivity index (χ3v) is 6.63. The predicted molar refractivity (Wildman–Crippen MR) is 108 cm³/mol. The van der Waals surface area contributed by atoms with E-state index in [4.69, 9.17) is 4.74 Å². The van der Waals surface area contributed by atoms with Gasteiger partial charge in [0, 0.05) is 37.1 Å². The van der Waals surface area contributed by atoms with Crippen LogP contribution in [0.4, 0.5) is 10.2 Å². The molecule has 158 valence electrons. The SMILES string of the molecule is Cn1nccc1C1CCCCC1Oc1ccc(S(=O)(=O)Nc2ccncn2)c(F)c1. The molecule has 2 atom stereocenters. The van der Waals surface area contributed by atoms with E-state index in [1.165, 1.54) is 30.7 Å². The molecular weight excluding hydrogens is 409 g/mol. The van der Waals surface area contributed by atoms with E-state index in [2.05, 4.69) is 19.8 Å². The molecule has 1 aliphatic carbocycles. The first kappa shape index (κ1) is 20.3. The molecule has 0 bridgehead atoms. The lowest BCUT2D eigenvalue weighted by Gasteiger charge is -2.32. The van der Waals surface area contributed by atoms with Crippen molar-refractivity contribution in [2.24, 2.45) is 7.05 Å². The van der Waals surface area contributed by atoms with Gasteiger partial charge in [0.1, 0.15) is 34.7 Å². The molecule has 2 heterocycles. The first-order valence-corrected chi connectivity index (χ1v) is 11.2. The fourth-order valence-electron chi connectivity index (χ4n) is 3.82. The molecular formula is C20H22FN5O3S. The van der Waals surface area contributed by atoms with Crippen LogP contribution in [0.15, 0.2) is 53.9 Å². The van der Waals surface area contributed by atoms with Crippen LogP contribution >= 0.6 is 0 Å². The summed E-state index contributed by atoms with van der Waals surface area (Å²) in [5.74, 6) is -0.377. The summed E-state index contributed by atoms with van der Waals surface area (Å²) in [6.07, 6.45) is 8.14. The Morgan fingerprint density at radius 1 is 1.17 bits per heavy atom. The van der Waals surface area contributed by atoms with Crippen molar-refractivity contribution in [3.05, 3.63) is 60.6 Å². The number of aromatic nitrogens is 4. The van der Waals surface area contributed by atoms with E-state index >= 15 is 0 Å². The number of anilines is 1. The summed E-state index contributed by atoms with van der Waals surface area (Å²) in [4.78, 5) is 7.05. The standard InChI is InChI=1S/C20H22FN5O3S/c1-26-17(8-11-24-26)15-4-2-3-5-18(15)29-14-6-7-19(16(21)12-14)30(27,28)25-20-9-10-22-13-23-20/h6-13,15,18H,2-5H2,1H3,(H,22,23,25). The predicted octanol–water partition coefficient (Wildman–Crippen LogP) is 3.26. The molecule has 0 spiro atoms. The second-order valence-corrected chi connectivity index (χ2v) is 8.87. The van der Waals surface area contributed by atoms with Crippen molar-refractivity contribution in [2.45, 2.75) is 42.6 Å². The van der Waals surface area contributed by atoms with Gasteiger partial charge in [-0.3, -0.25) is 9.40 Å². The maximum absolute atomic E-state index is 14.7. The fourth-order valence-corrected chi connectivity index (χ4v) is 4.88. The number of aryl methyl sites for hydroxylation is 1. The van der Waals surface area contributed by atoms with Crippen molar-refractivity contribution in [3.63, 3.8) is 0 Å². The zero-order valence-corrected chi connectivity index (χ0v) is 17.2. The van der Waals surface area contributed by atoms with E-state index in [1.807, 2.05) is 17.8 Å². The Hall–Kier alpha value is -3.01. The molecule has 0 amide bonds. The number of halogens is 1. The fraction of sp³-hybridized carbons (Fsp3) is 0.350. The van der Waals surface area contributed by atoms with Crippen LogP contribution in [0.5, 0.6) is 5.75 Å². The molecule has 1 aromatic carbocycles. The zero-order valence-electron chi connectivity index (χ0n) is 16.4. The number of hydrogen-bond acceptors (Lipinski definition) is 6. The number of sulfonamides is 1. The summed E-state index contributed by atoms with van der Waals surface area (Å²) in [7, 11) is -2.23. The van der Waals surface area contributed by atoms with E-state index in [0.29, 0.717) is 5.75 Å². The largest absolute Gasteiger partial charge is 0.490 e. The lowest BCUT2D eigenvalue weighted by Crippen LogP contribution is -2.30. The number of benzene rings is 1. The van der Waals surface area contributed by atoms with Gasteiger partial charge >= 0.3 is 0 Å². The third-order valence-electron chi connectivity index (χ3n) is 5.24. The van der Waals surface area contributed by atoms with E-state index in [-0.39, 0.29) is 17.8 Å². The minimum absolute atomic E-state index is 0.0611. The Kier molecular flexibility index (Phi) is 5.67. The first-order valence-electron chi connectivity index (χ1n) is 9.67. The van der Waals surface area contributed by atoms with Gasteiger partial charge in [0.15, 0.2) is 0 Å². The molecule has 1 fully saturated rings. The topological polar surface area (TPSA) is 99.0 Å². The van der Waals surface area contributed by atoms with Gasteiger partial charge < -0.3 is 4.74 Å². The Bertz CT molecular complexity index is 1120. The number of rotatable bonds is 6. The summed E-state index contributed by atoms with van der Waals surface area (Å²) < 4.78 is 49.9. The minimum atomic E-state index is -4.13. The summed E-state index contributed by atoms with van der Waals surface area (Å²) in [6, 6.07) is 7.15. The highest BCUT2D eigenvalue weighted by Gasteiger charge is 2.30. The van der Waals surface area contributed by atoms with Crippen molar-refractivity contribution in [3.8, 4) is 5.75 Å². The maximum atomic E-state index is 14.7. The number of ether oxygens (including phenoxy) is 1. The zero-order chi connectivity index (χ0) is 21.1. The van der Waals surface area contributed by atoms with Crippen LogP contribution in [-0.4, -0.2) is 34.3 Å². The third kappa shape index (κ3) is 4.28. The van der Waals surface area contributed by atoms with E-state index in [0.717, 1.165) is 37.4 Å².